The summed E-state index contributed by atoms with van der Waals surface area (Å²) in [4.78, 5) is 13.1. The highest BCUT2D eigenvalue weighted by Crippen LogP contribution is 1.88. The summed E-state index contributed by atoms with van der Waals surface area (Å²) in [7, 11) is 1.71. The van der Waals surface area contributed by atoms with Crippen molar-refractivity contribution in [2.45, 2.75) is 13.3 Å². The topological polar surface area (TPSA) is 58.4 Å². The highest BCUT2D eigenvalue weighted by Gasteiger charge is 2.05. The lowest BCUT2D eigenvalue weighted by Crippen LogP contribution is -2.38. The van der Waals surface area contributed by atoms with Crippen LogP contribution in [0.2, 0.25) is 0 Å². The average molecular weight is 189 g/mol. The van der Waals surface area contributed by atoms with E-state index in [1.54, 1.807) is 11.9 Å². The molecule has 0 unspecified atom stereocenters. The SMILES string of the molecule is CCNC(=O)N(C)CCC(N)=S. The molecule has 2 amide bonds. The Morgan fingerprint density at radius 3 is 2.67 bits per heavy atom. The molecule has 0 aromatic rings. The molecule has 0 aromatic carbocycles. The van der Waals surface area contributed by atoms with E-state index in [1.807, 2.05) is 6.92 Å². The largest absolute Gasteiger partial charge is 0.393 e. The molecule has 0 atom stereocenters. The Morgan fingerprint density at radius 1 is 1.67 bits per heavy atom. The van der Waals surface area contributed by atoms with E-state index in [0.29, 0.717) is 24.5 Å². The van der Waals surface area contributed by atoms with E-state index in [9.17, 15) is 4.79 Å². The number of nitrogens with two attached hydrogens (primary N) is 1. The molecule has 70 valence electrons. The molecule has 5 heteroatoms. The summed E-state index contributed by atoms with van der Waals surface area (Å²) >= 11 is 4.68. The summed E-state index contributed by atoms with van der Waals surface area (Å²) in [6.45, 7) is 3.08. The van der Waals surface area contributed by atoms with Gasteiger partial charge in [0, 0.05) is 26.6 Å². The summed E-state index contributed by atoms with van der Waals surface area (Å²) in [5.74, 6) is 0. The van der Waals surface area contributed by atoms with Gasteiger partial charge in [-0.2, -0.15) is 0 Å². The third-order valence-corrected chi connectivity index (χ3v) is 1.57. The third kappa shape index (κ3) is 4.90. The predicted molar refractivity (Wildman–Crippen MR) is 53.1 cm³/mol. The van der Waals surface area contributed by atoms with Crippen LogP contribution in [0.4, 0.5) is 4.79 Å². The van der Waals surface area contributed by atoms with Gasteiger partial charge in [0.05, 0.1) is 4.99 Å². The molecule has 0 bridgehead atoms. The van der Waals surface area contributed by atoms with Gasteiger partial charge < -0.3 is 16.0 Å². The fourth-order valence-corrected chi connectivity index (χ4v) is 0.757. The second kappa shape index (κ2) is 5.77. The van der Waals surface area contributed by atoms with Gasteiger partial charge in [0.1, 0.15) is 0 Å². The monoisotopic (exact) mass is 189 g/mol. The minimum atomic E-state index is -0.0891. The van der Waals surface area contributed by atoms with Crippen LogP contribution in [0.5, 0.6) is 0 Å². The van der Waals surface area contributed by atoms with Gasteiger partial charge in [-0.15, -0.1) is 0 Å². The van der Waals surface area contributed by atoms with Crippen molar-refractivity contribution in [1.82, 2.24) is 10.2 Å². The lowest BCUT2D eigenvalue weighted by molar-refractivity contribution is 0.210. The molecule has 12 heavy (non-hydrogen) atoms. The van der Waals surface area contributed by atoms with E-state index in [2.05, 4.69) is 17.5 Å². The number of nitrogens with one attached hydrogen (secondary N) is 1. The molecule has 4 nitrogen and oxygen atoms in total. The van der Waals surface area contributed by atoms with Gasteiger partial charge in [-0.1, -0.05) is 12.2 Å². The van der Waals surface area contributed by atoms with Crippen LogP contribution in [0.15, 0.2) is 0 Å². The first-order chi connectivity index (χ1) is 5.57. The van der Waals surface area contributed by atoms with Crippen molar-refractivity contribution in [2.24, 2.45) is 5.73 Å². The minimum absolute atomic E-state index is 0.0891. The first kappa shape index (κ1) is 11.2. The minimum Gasteiger partial charge on any atom is -0.393 e. The predicted octanol–water partition coefficient (Wildman–Crippen LogP) is 0.324. The Hall–Kier alpha value is -0.840. The standard InChI is InChI=1S/C7H15N3OS/c1-3-9-7(11)10(2)5-4-6(8)12/h3-5H2,1-2H3,(H2,8,12)(H,9,11). The zero-order valence-corrected chi connectivity index (χ0v) is 8.28. The maximum atomic E-state index is 11.1. The first-order valence-electron chi connectivity index (χ1n) is 3.85. The van der Waals surface area contributed by atoms with Crippen LogP contribution in [-0.2, 0) is 0 Å². The zero-order valence-electron chi connectivity index (χ0n) is 7.46. The molecule has 0 radical (unpaired) electrons. The van der Waals surface area contributed by atoms with Crippen LogP contribution >= 0.6 is 12.2 Å². The number of hydrogen-bond acceptors (Lipinski definition) is 2. The lowest BCUT2D eigenvalue weighted by atomic mass is 10.4. The molecular weight excluding hydrogens is 174 g/mol. The molecule has 0 aliphatic carbocycles. The van der Waals surface area contributed by atoms with E-state index in [1.165, 1.54) is 0 Å². The van der Waals surface area contributed by atoms with Gasteiger partial charge in [-0.05, 0) is 6.92 Å². The van der Waals surface area contributed by atoms with E-state index in [-0.39, 0.29) is 6.03 Å². The van der Waals surface area contributed by atoms with Gasteiger partial charge in [0.2, 0.25) is 0 Å². The Balaban J connectivity index is 3.63. The first-order valence-corrected chi connectivity index (χ1v) is 4.26. The summed E-state index contributed by atoms with van der Waals surface area (Å²) < 4.78 is 0. The number of hydrogen-bond donors (Lipinski definition) is 2. The summed E-state index contributed by atoms with van der Waals surface area (Å²) in [6.07, 6.45) is 0.572. The van der Waals surface area contributed by atoms with Crippen molar-refractivity contribution in [3.05, 3.63) is 0 Å². The fraction of sp³-hybridized carbons (Fsp3) is 0.714. The van der Waals surface area contributed by atoms with Gasteiger partial charge >= 0.3 is 6.03 Å². The van der Waals surface area contributed by atoms with Crippen molar-refractivity contribution in [3.8, 4) is 0 Å². The van der Waals surface area contributed by atoms with E-state index >= 15 is 0 Å². The lowest BCUT2D eigenvalue weighted by Gasteiger charge is -2.16. The molecule has 0 aliphatic heterocycles. The molecule has 0 aromatic heterocycles. The molecule has 0 aliphatic rings. The molecule has 0 rings (SSSR count). The third-order valence-electron chi connectivity index (χ3n) is 1.37. The van der Waals surface area contributed by atoms with Crippen LogP contribution in [-0.4, -0.2) is 36.1 Å². The Morgan fingerprint density at radius 2 is 2.25 bits per heavy atom. The molecule has 0 fully saturated rings. The van der Waals surface area contributed by atoms with Crippen molar-refractivity contribution in [2.75, 3.05) is 20.1 Å². The van der Waals surface area contributed by atoms with E-state index in [0.717, 1.165) is 0 Å². The van der Waals surface area contributed by atoms with Gasteiger partial charge in [0.25, 0.3) is 0 Å². The molecule has 0 saturated heterocycles. The van der Waals surface area contributed by atoms with Crippen molar-refractivity contribution < 1.29 is 4.79 Å². The molecule has 0 saturated carbocycles. The number of nitrogens with zero attached hydrogens (tertiary/aromatic N) is 1. The number of amides is 2. The quantitative estimate of drug-likeness (QED) is 0.626. The number of urea groups is 1. The number of carbonyl (C=O) groups is 1. The number of carbonyl (C=O) groups excluding carboxylic acids is 1. The van der Waals surface area contributed by atoms with Crippen LogP contribution in [0, 0.1) is 0 Å². The van der Waals surface area contributed by atoms with Gasteiger partial charge in [0.15, 0.2) is 0 Å². The smallest absolute Gasteiger partial charge is 0.317 e. The Labute approximate surface area is 78.1 Å². The normalized spacial score (nSPS) is 9.17. The molecule has 3 N–H and O–H groups in total. The van der Waals surface area contributed by atoms with Crippen LogP contribution in [0.25, 0.3) is 0 Å². The van der Waals surface area contributed by atoms with E-state index in [4.69, 9.17) is 5.73 Å². The maximum absolute atomic E-state index is 11.1. The highest BCUT2D eigenvalue weighted by molar-refractivity contribution is 7.80. The Kier molecular flexibility index (Phi) is 5.36. The highest BCUT2D eigenvalue weighted by atomic mass is 32.1. The average Bonchev–Trinajstić information content (AvgIpc) is 2.00. The maximum Gasteiger partial charge on any atom is 0.317 e. The molecule has 0 heterocycles. The summed E-state index contributed by atoms with van der Waals surface area (Å²) in [5.41, 5.74) is 5.29. The van der Waals surface area contributed by atoms with Crippen LogP contribution in [0.3, 0.4) is 0 Å². The molecule has 0 spiro atoms. The second-order valence-electron chi connectivity index (χ2n) is 2.47. The van der Waals surface area contributed by atoms with E-state index < -0.39 is 0 Å². The fourth-order valence-electron chi connectivity index (χ4n) is 0.666. The second-order valence-corrected chi connectivity index (χ2v) is 3.00. The van der Waals surface area contributed by atoms with Crippen molar-refractivity contribution in [3.63, 3.8) is 0 Å². The van der Waals surface area contributed by atoms with Crippen LogP contribution < -0.4 is 11.1 Å². The van der Waals surface area contributed by atoms with Crippen molar-refractivity contribution in [1.29, 1.82) is 0 Å². The van der Waals surface area contributed by atoms with Gasteiger partial charge in [-0.3, -0.25) is 0 Å². The summed E-state index contributed by atoms with van der Waals surface area (Å²) in [6, 6.07) is -0.0891. The van der Waals surface area contributed by atoms with Gasteiger partial charge in [-0.25, -0.2) is 4.79 Å². The zero-order chi connectivity index (χ0) is 9.56. The molecular formula is C7H15N3OS. The van der Waals surface area contributed by atoms with Crippen molar-refractivity contribution >= 4 is 23.2 Å². The number of rotatable bonds is 4. The Bertz CT molecular complexity index is 172. The van der Waals surface area contributed by atoms with Crippen LogP contribution in [0.1, 0.15) is 13.3 Å². The summed E-state index contributed by atoms with van der Waals surface area (Å²) in [5, 5.41) is 2.67. The number of thiocarbonyl (C=S) groups is 1.